The van der Waals surface area contributed by atoms with Crippen molar-refractivity contribution < 1.29 is 9.32 Å². The van der Waals surface area contributed by atoms with Crippen LogP contribution in [0.25, 0.3) is 0 Å². The van der Waals surface area contributed by atoms with E-state index in [9.17, 15) is 4.79 Å². The molecule has 2 unspecified atom stereocenters. The number of rotatable bonds is 1. The zero-order valence-electron chi connectivity index (χ0n) is 8.41. The third-order valence-corrected chi connectivity index (χ3v) is 2.61. The van der Waals surface area contributed by atoms with Gasteiger partial charge < -0.3 is 9.84 Å². The van der Waals surface area contributed by atoms with Gasteiger partial charge in [0.1, 0.15) is 12.0 Å². The molecular weight excluding hydrogens is 180 g/mol. The zero-order valence-corrected chi connectivity index (χ0v) is 8.41. The van der Waals surface area contributed by atoms with E-state index in [-0.39, 0.29) is 12.1 Å². The summed E-state index contributed by atoms with van der Waals surface area (Å²) in [5.74, 6) is 0.307. The molecule has 0 amide bonds. The molecule has 0 bridgehead atoms. The van der Waals surface area contributed by atoms with Gasteiger partial charge >= 0.3 is 0 Å². The Bertz CT molecular complexity index is 346. The standard InChI is InChI=1S/C10H14N2O2/c1-6-3-8(13)4-10(11-6)9-5-14-12-7(9)2/h5-6,10-11H,3-4H2,1-2H3. The Morgan fingerprint density at radius 1 is 1.57 bits per heavy atom. The molecule has 2 atom stereocenters. The number of carbonyl (C=O) groups is 1. The Balaban J connectivity index is 2.19. The van der Waals surface area contributed by atoms with Crippen molar-refractivity contribution in [1.29, 1.82) is 0 Å². The van der Waals surface area contributed by atoms with E-state index in [4.69, 9.17) is 4.52 Å². The number of piperidine rings is 1. The van der Waals surface area contributed by atoms with Gasteiger partial charge in [0.2, 0.25) is 0 Å². The zero-order chi connectivity index (χ0) is 10.1. The second-order valence-electron chi connectivity index (χ2n) is 3.92. The molecule has 76 valence electrons. The summed E-state index contributed by atoms with van der Waals surface area (Å²) in [5, 5.41) is 7.18. The molecule has 0 spiro atoms. The summed E-state index contributed by atoms with van der Waals surface area (Å²) in [6.45, 7) is 3.91. The van der Waals surface area contributed by atoms with Gasteiger partial charge in [-0.15, -0.1) is 0 Å². The predicted octanol–water partition coefficient (Wildman–Crippen LogP) is 1.37. The first-order chi connectivity index (χ1) is 6.66. The van der Waals surface area contributed by atoms with Gasteiger partial charge in [0.15, 0.2) is 0 Å². The van der Waals surface area contributed by atoms with Crippen LogP contribution in [0.1, 0.15) is 37.1 Å². The number of nitrogens with zero attached hydrogens (tertiary/aromatic N) is 1. The quantitative estimate of drug-likeness (QED) is 0.733. The number of hydrogen-bond donors (Lipinski definition) is 1. The molecule has 14 heavy (non-hydrogen) atoms. The molecule has 0 aromatic carbocycles. The highest BCUT2D eigenvalue weighted by Gasteiger charge is 2.27. The van der Waals surface area contributed by atoms with Crippen LogP contribution in [0.15, 0.2) is 10.8 Å². The van der Waals surface area contributed by atoms with E-state index in [1.165, 1.54) is 0 Å². The Morgan fingerprint density at radius 2 is 2.36 bits per heavy atom. The van der Waals surface area contributed by atoms with Crippen molar-refractivity contribution in [2.24, 2.45) is 0 Å². The van der Waals surface area contributed by atoms with E-state index in [2.05, 4.69) is 10.5 Å². The molecule has 1 N–H and O–H groups in total. The summed E-state index contributed by atoms with van der Waals surface area (Å²) >= 11 is 0. The summed E-state index contributed by atoms with van der Waals surface area (Å²) in [5.41, 5.74) is 1.87. The molecule has 4 nitrogen and oxygen atoms in total. The third-order valence-electron chi connectivity index (χ3n) is 2.61. The van der Waals surface area contributed by atoms with Crippen LogP contribution in [-0.2, 0) is 4.79 Å². The molecule has 1 aromatic rings. The van der Waals surface area contributed by atoms with E-state index < -0.39 is 0 Å². The van der Waals surface area contributed by atoms with E-state index in [1.54, 1.807) is 6.26 Å². The van der Waals surface area contributed by atoms with Gasteiger partial charge in [-0.2, -0.15) is 0 Å². The molecule has 2 rings (SSSR count). The van der Waals surface area contributed by atoms with Crippen LogP contribution >= 0.6 is 0 Å². The molecule has 1 saturated heterocycles. The maximum atomic E-state index is 11.4. The summed E-state index contributed by atoms with van der Waals surface area (Å²) in [6.07, 6.45) is 2.80. The highest BCUT2D eigenvalue weighted by atomic mass is 16.5. The lowest BCUT2D eigenvalue weighted by Gasteiger charge is -2.27. The summed E-state index contributed by atoms with van der Waals surface area (Å²) < 4.78 is 4.87. The van der Waals surface area contributed by atoms with E-state index in [1.807, 2.05) is 13.8 Å². The second kappa shape index (κ2) is 3.53. The first-order valence-electron chi connectivity index (χ1n) is 4.85. The number of Topliss-reactive ketones (excluding diaryl/α,β-unsaturated/α-hetero) is 1. The molecule has 2 heterocycles. The Hall–Kier alpha value is -1.16. The van der Waals surface area contributed by atoms with Crippen LogP contribution in [0.2, 0.25) is 0 Å². The molecule has 1 fully saturated rings. The van der Waals surface area contributed by atoms with Gasteiger partial charge in [0.05, 0.1) is 5.69 Å². The first kappa shape index (κ1) is 9.40. The molecule has 1 aliphatic rings. The molecule has 1 aromatic heterocycles. The van der Waals surface area contributed by atoms with Gasteiger partial charge in [0.25, 0.3) is 0 Å². The number of aromatic nitrogens is 1. The maximum absolute atomic E-state index is 11.4. The van der Waals surface area contributed by atoms with Gasteiger partial charge in [-0.25, -0.2) is 0 Å². The Kier molecular flexibility index (Phi) is 2.37. The molecular formula is C10H14N2O2. The monoisotopic (exact) mass is 194 g/mol. The lowest BCUT2D eigenvalue weighted by molar-refractivity contribution is -0.121. The minimum absolute atomic E-state index is 0.0810. The van der Waals surface area contributed by atoms with Crippen LogP contribution in [0.3, 0.4) is 0 Å². The molecule has 1 aliphatic heterocycles. The molecule has 0 radical (unpaired) electrons. The third kappa shape index (κ3) is 1.70. The predicted molar refractivity (Wildman–Crippen MR) is 50.8 cm³/mol. The Labute approximate surface area is 82.7 Å². The topological polar surface area (TPSA) is 55.1 Å². The fourth-order valence-electron chi connectivity index (χ4n) is 1.95. The van der Waals surface area contributed by atoms with Crippen molar-refractivity contribution in [1.82, 2.24) is 10.5 Å². The SMILES string of the molecule is Cc1nocc1C1CC(=O)CC(C)N1. The van der Waals surface area contributed by atoms with Gasteiger partial charge in [-0.3, -0.25) is 4.79 Å². The van der Waals surface area contributed by atoms with Crippen LogP contribution in [-0.4, -0.2) is 17.0 Å². The Morgan fingerprint density at radius 3 is 2.93 bits per heavy atom. The molecule has 4 heteroatoms. The van der Waals surface area contributed by atoms with Crippen LogP contribution < -0.4 is 5.32 Å². The molecule has 0 aliphatic carbocycles. The summed E-state index contributed by atoms with van der Waals surface area (Å²) in [4.78, 5) is 11.4. The summed E-state index contributed by atoms with van der Waals surface area (Å²) in [6, 6.07) is 0.327. The van der Waals surface area contributed by atoms with E-state index in [0.29, 0.717) is 18.6 Å². The van der Waals surface area contributed by atoms with Crippen LogP contribution in [0, 0.1) is 6.92 Å². The average molecular weight is 194 g/mol. The second-order valence-corrected chi connectivity index (χ2v) is 3.92. The largest absolute Gasteiger partial charge is 0.364 e. The van der Waals surface area contributed by atoms with Gasteiger partial charge in [-0.05, 0) is 13.8 Å². The first-order valence-corrected chi connectivity index (χ1v) is 4.85. The van der Waals surface area contributed by atoms with Crippen molar-refractivity contribution in [2.45, 2.75) is 38.8 Å². The minimum atomic E-state index is 0.0810. The van der Waals surface area contributed by atoms with Crippen molar-refractivity contribution in [3.8, 4) is 0 Å². The van der Waals surface area contributed by atoms with Gasteiger partial charge in [-0.1, -0.05) is 5.16 Å². The van der Waals surface area contributed by atoms with E-state index >= 15 is 0 Å². The van der Waals surface area contributed by atoms with Crippen LogP contribution in [0.4, 0.5) is 0 Å². The smallest absolute Gasteiger partial charge is 0.136 e. The maximum Gasteiger partial charge on any atom is 0.136 e. The normalized spacial score (nSPS) is 28.0. The van der Waals surface area contributed by atoms with Gasteiger partial charge in [0, 0.05) is 30.5 Å². The number of carbonyl (C=O) groups excluding carboxylic acids is 1. The van der Waals surface area contributed by atoms with Crippen molar-refractivity contribution in [3.05, 3.63) is 17.5 Å². The number of ketones is 1. The molecule has 0 saturated carbocycles. The van der Waals surface area contributed by atoms with Crippen molar-refractivity contribution in [3.63, 3.8) is 0 Å². The fraction of sp³-hybridized carbons (Fsp3) is 0.600. The van der Waals surface area contributed by atoms with Crippen molar-refractivity contribution in [2.75, 3.05) is 0 Å². The lowest BCUT2D eigenvalue weighted by Crippen LogP contribution is -2.38. The number of hydrogen-bond acceptors (Lipinski definition) is 4. The highest BCUT2D eigenvalue weighted by Crippen LogP contribution is 2.25. The highest BCUT2D eigenvalue weighted by molar-refractivity contribution is 5.80. The fourth-order valence-corrected chi connectivity index (χ4v) is 1.95. The van der Waals surface area contributed by atoms with Crippen LogP contribution in [0.5, 0.6) is 0 Å². The minimum Gasteiger partial charge on any atom is -0.364 e. The van der Waals surface area contributed by atoms with Crippen molar-refractivity contribution >= 4 is 5.78 Å². The number of nitrogens with one attached hydrogen (secondary N) is 1. The van der Waals surface area contributed by atoms with E-state index in [0.717, 1.165) is 11.3 Å². The average Bonchev–Trinajstić information content (AvgIpc) is 2.49. The number of aryl methyl sites for hydroxylation is 1. The summed E-state index contributed by atoms with van der Waals surface area (Å²) in [7, 11) is 0. The lowest BCUT2D eigenvalue weighted by atomic mass is 9.94.